The van der Waals surface area contributed by atoms with Gasteiger partial charge in [0.05, 0.1) is 5.69 Å². The van der Waals surface area contributed by atoms with Crippen molar-refractivity contribution in [1.82, 2.24) is 4.98 Å². The Kier molecular flexibility index (Phi) is 5.58. The number of fused-ring (bicyclic) bond motifs is 1. The number of thiazole rings is 1. The van der Waals surface area contributed by atoms with Crippen molar-refractivity contribution in [1.29, 1.82) is 0 Å². The third kappa shape index (κ3) is 4.55. The summed E-state index contributed by atoms with van der Waals surface area (Å²) in [5.74, 6) is -0.481. The summed E-state index contributed by atoms with van der Waals surface area (Å²) in [6.45, 7) is 1.53. The minimum absolute atomic E-state index is 0.00563. The van der Waals surface area contributed by atoms with Crippen LogP contribution in [0.15, 0.2) is 63.1 Å². The van der Waals surface area contributed by atoms with Crippen LogP contribution in [0.3, 0.4) is 0 Å². The van der Waals surface area contributed by atoms with E-state index in [-0.39, 0.29) is 19.0 Å². The molecule has 0 bridgehead atoms. The number of aryl methyl sites for hydroxylation is 1. The first-order chi connectivity index (χ1) is 14.5. The van der Waals surface area contributed by atoms with Gasteiger partial charge in [-0.3, -0.25) is 0 Å². The number of hydrogen-bond acceptors (Lipinski definition) is 7. The quantitative estimate of drug-likeness (QED) is 0.335. The molecule has 0 spiro atoms. The Hall–Kier alpha value is -3.52. The number of ether oxygens (including phenoxy) is 2. The zero-order valence-electron chi connectivity index (χ0n) is 15.9. The van der Waals surface area contributed by atoms with Gasteiger partial charge in [-0.25, -0.2) is 19.0 Å². The molecule has 0 radical (unpaired) electrons. The summed E-state index contributed by atoms with van der Waals surface area (Å²) in [7, 11) is 0. The lowest BCUT2D eigenvalue weighted by atomic mass is 10.1. The highest BCUT2D eigenvalue weighted by Gasteiger charge is 2.10. The van der Waals surface area contributed by atoms with Crippen LogP contribution in [0.2, 0.25) is 0 Å². The SMILES string of the molecule is Cc1cc(=O)oc2cc(OCC(=O)OCc3csc(-c4ccc(F)cc4)n3)ccc12. The molecule has 152 valence electrons. The van der Waals surface area contributed by atoms with Crippen LogP contribution in [0.1, 0.15) is 11.3 Å². The molecule has 0 amide bonds. The van der Waals surface area contributed by atoms with Crippen LogP contribution < -0.4 is 10.4 Å². The van der Waals surface area contributed by atoms with Crippen molar-refractivity contribution in [2.24, 2.45) is 0 Å². The predicted molar refractivity (Wildman–Crippen MR) is 110 cm³/mol. The van der Waals surface area contributed by atoms with Crippen LogP contribution in [-0.4, -0.2) is 17.6 Å². The number of carbonyl (C=O) groups excluding carboxylic acids is 1. The predicted octanol–water partition coefficient (Wildman–Crippen LogP) is 4.49. The number of aromatic nitrogens is 1. The fourth-order valence-electron chi connectivity index (χ4n) is 2.83. The van der Waals surface area contributed by atoms with E-state index in [0.29, 0.717) is 22.0 Å². The number of halogens is 1. The van der Waals surface area contributed by atoms with Gasteiger partial charge in [-0.15, -0.1) is 11.3 Å². The molecule has 4 aromatic rings. The van der Waals surface area contributed by atoms with Gasteiger partial charge < -0.3 is 13.9 Å². The van der Waals surface area contributed by atoms with Gasteiger partial charge >= 0.3 is 11.6 Å². The monoisotopic (exact) mass is 425 g/mol. The Morgan fingerprint density at radius 3 is 2.77 bits per heavy atom. The molecule has 0 fully saturated rings. The summed E-state index contributed by atoms with van der Waals surface area (Å²) in [6, 6.07) is 12.5. The summed E-state index contributed by atoms with van der Waals surface area (Å²) >= 11 is 1.38. The van der Waals surface area contributed by atoms with E-state index in [1.807, 2.05) is 6.92 Å². The highest BCUT2D eigenvalue weighted by atomic mass is 32.1. The summed E-state index contributed by atoms with van der Waals surface area (Å²) in [4.78, 5) is 27.9. The molecule has 30 heavy (non-hydrogen) atoms. The van der Waals surface area contributed by atoms with Crippen molar-refractivity contribution in [3.05, 3.63) is 81.4 Å². The largest absolute Gasteiger partial charge is 0.482 e. The lowest BCUT2D eigenvalue weighted by molar-refractivity contribution is -0.147. The Morgan fingerprint density at radius 1 is 1.17 bits per heavy atom. The second-order valence-electron chi connectivity index (χ2n) is 6.51. The number of esters is 1. The van der Waals surface area contributed by atoms with Crippen LogP contribution in [0.4, 0.5) is 4.39 Å². The van der Waals surface area contributed by atoms with Gasteiger partial charge in [0.1, 0.15) is 28.8 Å². The maximum Gasteiger partial charge on any atom is 0.344 e. The van der Waals surface area contributed by atoms with Crippen LogP contribution in [0, 0.1) is 12.7 Å². The summed E-state index contributed by atoms with van der Waals surface area (Å²) in [5, 5.41) is 3.29. The van der Waals surface area contributed by atoms with Gasteiger partial charge in [0.25, 0.3) is 0 Å². The minimum atomic E-state index is -0.558. The van der Waals surface area contributed by atoms with E-state index in [4.69, 9.17) is 13.9 Å². The second kappa shape index (κ2) is 8.46. The van der Waals surface area contributed by atoms with Crippen LogP contribution in [0.25, 0.3) is 21.5 Å². The lowest BCUT2D eigenvalue weighted by Gasteiger charge is -2.07. The number of benzene rings is 2. The van der Waals surface area contributed by atoms with E-state index in [1.165, 1.54) is 29.5 Å². The molecule has 0 aliphatic rings. The van der Waals surface area contributed by atoms with Crippen molar-refractivity contribution in [3.8, 4) is 16.3 Å². The molecule has 2 aromatic carbocycles. The summed E-state index contributed by atoms with van der Waals surface area (Å²) < 4.78 is 28.8. The maximum absolute atomic E-state index is 13.0. The Balaban J connectivity index is 1.33. The molecule has 8 heteroatoms. The number of carbonyl (C=O) groups is 1. The van der Waals surface area contributed by atoms with Crippen molar-refractivity contribution in [3.63, 3.8) is 0 Å². The van der Waals surface area contributed by atoms with Gasteiger partial charge in [-0.2, -0.15) is 0 Å². The van der Waals surface area contributed by atoms with E-state index < -0.39 is 11.6 Å². The molecule has 0 saturated carbocycles. The Morgan fingerprint density at radius 2 is 1.97 bits per heavy atom. The van der Waals surface area contributed by atoms with E-state index in [0.717, 1.165) is 16.5 Å². The van der Waals surface area contributed by atoms with Crippen molar-refractivity contribution >= 4 is 28.3 Å². The average Bonchev–Trinajstić information content (AvgIpc) is 3.20. The minimum Gasteiger partial charge on any atom is -0.482 e. The number of nitrogens with zero attached hydrogens (tertiary/aromatic N) is 1. The molecule has 4 rings (SSSR count). The third-order valence-electron chi connectivity index (χ3n) is 4.30. The summed E-state index contributed by atoms with van der Waals surface area (Å²) in [6.07, 6.45) is 0. The molecule has 6 nitrogen and oxygen atoms in total. The lowest BCUT2D eigenvalue weighted by Crippen LogP contribution is -2.14. The molecular formula is C22H16FNO5S. The van der Waals surface area contributed by atoms with Crippen molar-refractivity contribution in [2.75, 3.05) is 6.61 Å². The zero-order chi connectivity index (χ0) is 21.1. The van der Waals surface area contributed by atoms with Gasteiger partial charge in [0, 0.05) is 28.5 Å². The highest BCUT2D eigenvalue weighted by molar-refractivity contribution is 7.13. The van der Waals surface area contributed by atoms with E-state index in [1.54, 1.807) is 35.7 Å². The Labute approximate surface area is 174 Å². The van der Waals surface area contributed by atoms with Gasteiger partial charge in [-0.1, -0.05) is 0 Å². The van der Waals surface area contributed by atoms with Crippen LogP contribution >= 0.6 is 11.3 Å². The first kappa shape index (κ1) is 19.8. The van der Waals surface area contributed by atoms with Gasteiger partial charge in [0.2, 0.25) is 0 Å². The second-order valence-corrected chi connectivity index (χ2v) is 7.36. The molecule has 2 aromatic heterocycles. The number of hydrogen-bond donors (Lipinski definition) is 0. The zero-order valence-corrected chi connectivity index (χ0v) is 16.7. The first-order valence-electron chi connectivity index (χ1n) is 9.01. The maximum atomic E-state index is 13.0. The first-order valence-corrected chi connectivity index (χ1v) is 9.89. The molecule has 0 N–H and O–H groups in total. The molecule has 0 unspecified atom stereocenters. The van der Waals surface area contributed by atoms with Gasteiger partial charge in [-0.05, 0) is 48.9 Å². The van der Waals surface area contributed by atoms with Gasteiger partial charge in [0.15, 0.2) is 6.61 Å². The van der Waals surface area contributed by atoms with Crippen molar-refractivity contribution in [2.45, 2.75) is 13.5 Å². The van der Waals surface area contributed by atoms with Crippen molar-refractivity contribution < 1.29 is 23.1 Å². The molecule has 0 saturated heterocycles. The number of rotatable bonds is 6. The molecule has 0 aliphatic carbocycles. The van der Waals surface area contributed by atoms with E-state index in [2.05, 4.69) is 4.98 Å². The smallest absolute Gasteiger partial charge is 0.344 e. The molecule has 2 heterocycles. The fraction of sp³-hybridized carbons (Fsp3) is 0.136. The van der Waals surface area contributed by atoms with E-state index >= 15 is 0 Å². The molecular weight excluding hydrogens is 409 g/mol. The third-order valence-corrected chi connectivity index (χ3v) is 5.24. The van der Waals surface area contributed by atoms with Crippen LogP contribution in [0.5, 0.6) is 5.75 Å². The fourth-order valence-corrected chi connectivity index (χ4v) is 3.64. The standard InChI is InChI=1S/C22H16FNO5S/c1-13-8-20(25)29-19-9-17(6-7-18(13)19)27-11-21(26)28-10-16-12-30-22(24-16)14-2-4-15(23)5-3-14/h2-9,12H,10-11H2,1H3. The Bertz CT molecular complexity index is 1260. The topological polar surface area (TPSA) is 78.6 Å². The van der Waals surface area contributed by atoms with Crippen LogP contribution in [-0.2, 0) is 16.1 Å². The molecule has 0 aliphatic heterocycles. The highest BCUT2D eigenvalue weighted by Crippen LogP contribution is 2.24. The molecule has 0 atom stereocenters. The van der Waals surface area contributed by atoms with E-state index in [9.17, 15) is 14.0 Å². The normalized spacial score (nSPS) is 10.9. The average molecular weight is 425 g/mol. The summed E-state index contributed by atoms with van der Waals surface area (Å²) in [5.41, 5.74) is 2.13.